The minimum absolute atomic E-state index is 0.236. The van der Waals surface area contributed by atoms with E-state index in [1.807, 2.05) is 0 Å². The third-order valence-corrected chi connectivity index (χ3v) is 5.30. The van der Waals surface area contributed by atoms with E-state index in [-0.39, 0.29) is 5.41 Å². The summed E-state index contributed by atoms with van der Waals surface area (Å²) in [5.74, 6) is 2.56. The lowest BCUT2D eigenvalue weighted by molar-refractivity contribution is 0.173. The SMILES string of the molecule is COc1ccc2c(c1)C(C)(C)[C@@H]1CC[C@@H](C)C[C@@H]1N2. The van der Waals surface area contributed by atoms with Crippen LogP contribution in [0.5, 0.6) is 5.75 Å². The summed E-state index contributed by atoms with van der Waals surface area (Å²) in [6.45, 7) is 7.19. The number of nitrogens with one attached hydrogen (secondary N) is 1. The number of anilines is 1. The molecular formula is C17H25NO. The summed E-state index contributed by atoms with van der Waals surface area (Å²) in [5.41, 5.74) is 2.96. The first-order valence-electron chi connectivity index (χ1n) is 7.47. The number of fused-ring (bicyclic) bond motifs is 2. The van der Waals surface area contributed by atoms with Gasteiger partial charge >= 0.3 is 0 Å². The van der Waals surface area contributed by atoms with Crippen molar-refractivity contribution in [1.82, 2.24) is 0 Å². The number of hydrogen-bond donors (Lipinski definition) is 1. The first-order chi connectivity index (χ1) is 9.02. The number of ether oxygens (including phenoxy) is 1. The van der Waals surface area contributed by atoms with Crippen LogP contribution >= 0.6 is 0 Å². The normalized spacial score (nSPS) is 31.9. The highest BCUT2D eigenvalue weighted by Gasteiger charge is 2.44. The van der Waals surface area contributed by atoms with Crippen LogP contribution in [0.2, 0.25) is 0 Å². The van der Waals surface area contributed by atoms with Gasteiger partial charge in [-0.15, -0.1) is 0 Å². The topological polar surface area (TPSA) is 21.3 Å². The predicted octanol–water partition coefficient (Wildman–Crippen LogP) is 4.20. The van der Waals surface area contributed by atoms with Gasteiger partial charge in [-0.1, -0.05) is 27.2 Å². The molecular weight excluding hydrogens is 234 g/mol. The third kappa shape index (κ3) is 2.01. The van der Waals surface area contributed by atoms with Gasteiger partial charge in [-0.2, -0.15) is 0 Å². The second-order valence-electron chi connectivity index (χ2n) is 6.91. The Balaban J connectivity index is 2.02. The first kappa shape index (κ1) is 12.8. The minimum Gasteiger partial charge on any atom is -0.497 e. The zero-order chi connectivity index (χ0) is 13.6. The van der Waals surface area contributed by atoms with Gasteiger partial charge in [0.2, 0.25) is 0 Å². The second kappa shape index (κ2) is 4.43. The smallest absolute Gasteiger partial charge is 0.119 e. The Morgan fingerprint density at radius 2 is 2.05 bits per heavy atom. The molecule has 2 heteroatoms. The van der Waals surface area contributed by atoms with Crippen LogP contribution in [0.3, 0.4) is 0 Å². The van der Waals surface area contributed by atoms with Crippen LogP contribution < -0.4 is 10.1 Å². The van der Waals surface area contributed by atoms with Crippen molar-refractivity contribution in [3.63, 3.8) is 0 Å². The Kier molecular flexibility index (Phi) is 2.99. The zero-order valence-corrected chi connectivity index (χ0v) is 12.5. The Morgan fingerprint density at radius 1 is 1.26 bits per heavy atom. The van der Waals surface area contributed by atoms with Crippen molar-refractivity contribution in [1.29, 1.82) is 0 Å². The van der Waals surface area contributed by atoms with E-state index in [0.717, 1.165) is 17.6 Å². The molecule has 0 amide bonds. The van der Waals surface area contributed by atoms with Gasteiger partial charge in [-0.05, 0) is 53.9 Å². The van der Waals surface area contributed by atoms with Gasteiger partial charge < -0.3 is 10.1 Å². The van der Waals surface area contributed by atoms with Crippen LogP contribution in [-0.2, 0) is 5.41 Å². The molecule has 3 rings (SSSR count). The Bertz CT molecular complexity index is 480. The molecule has 0 spiro atoms. The first-order valence-corrected chi connectivity index (χ1v) is 7.47. The molecule has 19 heavy (non-hydrogen) atoms. The van der Waals surface area contributed by atoms with Crippen LogP contribution in [0.1, 0.15) is 45.6 Å². The number of hydrogen-bond acceptors (Lipinski definition) is 2. The molecule has 1 aliphatic heterocycles. The fraction of sp³-hybridized carbons (Fsp3) is 0.647. The van der Waals surface area contributed by atoms with Crippen molar-refractivity contribution in [2.45, 2.75) is 51.5 Å². The van der Waals surface area contributed by atoms with Crippen LogP contribution in [-0.4, -0.2) is 13.2 Å². The molecule has 1 aromatic rings. The van der Waals surface area contributed by atoms with E-state index in [2.05, 4.69) is 44.3 Å². The van der Waals surface area contributed by atoms with Crippen molar-refractivity contribution in [3.05, 3.63) is 23.8 Å². The molecule has 0 saturated heterocycles. The second-order valence-corrected chi connectivity index (χ2v) is 6.91. The molecule has 0 aromatic heterocycles. The molecule has 3 atom stereocenters. The van der Waals surface area contributed by atoms with E-state index in [4.69, 9.17) is 4.74 Å². The summed E-state index contributed by atoms with van der Waals surface area (Å²) in [4.78, 5) is 0. The lowest BCUT2D eigenvalue weighted by Crippen LogP contribution is -2.48. The minimum atomic E-state index is 0.236. The lowest BCUT2D eigenvalue weighted by Gasteiger charge is -2.49. The monoisotopic (exact) mass is 259 g/mol. The highest BCUT2D eigenvalue weighted by Crippen LogP contribution is 2.49. The fourth-order valence-corrected chi connectivity index (χ4v) is 4.11. The quantitative estimate of drug-likeness (QED) is 0.816. The van der Waals surface area contributed by atoms with Crippen molar-refractivity contribution in [3.8, 4) is 5.75 Å². The van der Waals surface area contributed by atoms with Crippen molar-refractivity contribution < 1.29 is 4.74 Å². The molecule has 1 heterocycles. The number of rotatable bonds is 1. The van der Waals surface area contributed by atoms with Gasteiger partial charge in [0.05, 0.1) is 7.11 Å². The van der Waals surface area contributed by atoms with Gasteiger partial charge in [0.25, 0.3) is 0 Å². The average Bonchev–Trinajstić information content (AvgIpc) is 2.38. The van der Waals surface area contributed by atoms with Crippen molar-refractivity contribution in [2.24, 2.45) is 11.8 Å². The summed E-state index contributed by atoms with van der Waals surface area (Å²) < 4.78 is 5.40. The molecule has 0 radical (unpaired) electrons. The third-order valence-electron chi connectivity index (χ3n) is 5.30. The van der Waals surface area contributed by atoms with Crippen LogP contribution in [0.25, 0.3) is 0 Å². The van der Waals surface area contributed by atoms with Gasteiger partial charge in [-0.25, -0.2) is 0 Å². The maximum absolute atomic E-state index is 5.40. The lowest BCUT2D eigenvalue weighted by atomic mass is 9.61. The number of benzene rings is 1. The zero-order valence-electron chi connectivity index (χ0n) is 12.5. The Hall–Kier alpha value is -1.18. The maximum Gasteiger partial charge on any atom is 0.119 e. The molecule has 1 aliphatic carbocycles. The largest absolute Gasteiger partial charge is 0.497 e. The van der Waals surface area contributed by atoms with Crippen molar-refractivity contribution in [2.75, 3.05) is 12.4 Å². The average molecular weight is 259 g/mol. The highest BCUT2D eigenvalue weighted by atomic mass is 16.5. The van der Waals surface area contributed by atoms with E-state index in [9.17, 15) is 0 Å². The van der Waals surface area contributed by atoms with Gasteiger partial charge in [0.1, 0.15) is 5.75 Å². The Morgan fingerprint density at radius 3 is 2.79 bits per heavy atom. The van der Waals surface area contributed by atoms with Crippen LogP contribution in [0.15, 0.2) is 18.2 Å². The van der Waals surface area contributed by atoms with E-state index in [1.54, 1.807) is 7.11 Å². The van der Waals surface area contributed by atoms with E-state index in [0.29, 0.717) is 6.04 Å². The molecule has 2 nitrogen and oxygen atoms in total. The molecule has 1 N–H and O–H groups in total. The van der Waals surface area contributed by atoms with Crippen molar-refractivity contribution >= 4 is 5.69 Å². The summed E-state index contributed by atoms with van der Waals surface area (Å²) in [6, 6.07) is 7.11. The van der Waals surface area contributed by atoms with Gasteiger partial charge in [-0.3, -0.25) is 0 Å². The number of methoxy groups -OCH3 is 1. The summed E-state index contributed by atoms with van der Waals surface area (Å²) >= 11 is 0. The fourth-order valence-electron chi connectivity index (χ4n) is 4.11. The van der Waals surface area contributed by atoms with E-state index >= 15 is 0 Å². The molecule has 1 aromatic carbocycles. The molecule has 2 aliphatic rings. The maximum atomic E-state index is 5.40. The van der Waals surface area contributed by atoms with Gasteiger partial charge in [0.15, 0.2) is 0 Å². The molecule has 1 saturated carbocycles. The van der Waals surface area contributed by atoms with Crippen LogP contribution in [0, 0.1) is 11.8 Å². The van der Waals surface area contributed by atoms with E-state index in [1.165, 1.54) is 30.5 Å². The molecule has 0 bridgehead atoms. The van der Waals surface area contributed by atoms with Crippen LogP contribution in [0.4, 0.5) is 5.69 Å². The van der Waals surface area contributed by atoms with Gasteiger partial charge in [0, 0.05) is 11.7 Å². The molecule has 0 unspecified atom stereocenters. The summed E-state index contributed by atoms with van der Waals surface area (Å²) in [5, 5.41) is 3.78. The summed E-state index contributed by atoms with van der Waals surface area (Å²) in [6.07, 6.45) is 4.01. The Labute approximate surface area is 116 Å². The summed E-state index contributed by atoms with van der Waals surface area (Å²) in [7, 11) is 1.75. The highest BCUT2D eigenvalue weighted by molar-refractivity contribution is 5.60. The standard InChI is InChI=1S/C17H25NO/c1-11-5-7-13-16(9-11)18-15-8-6-12(19-4)10-14(15)17(13,2)3/h6,8,10-11,13,16,18H,5,7,9H2,1-4H3/t11-,13-,16+/m1/s1. The molecule has 1 fully saturated rings. The van der Waals surface area contributed by atoms with E-state index < -0.39 is 0 Å². The molecule has 104 valence electrons. The predicted molar refractivity (Wildman–Crippen MR) is 79.9 cm³/mol.